The van der Waals surface area contributed by atoms with E-state index in [9.17, 15) is 4.79 Å². The number of carboxylic acid groups (broad SMARTS) is 1. The third kappa shape index (κ3) is 4.79. The smallest absolute Gasteiger partial charge is 0.303 e. The summed E-state index contributed by atoms with van der Waals surface area (Å²) in [6.07, 6.45) is 3.39. The van der Waals surface area contributed by atoms with Crippen LogP contribution in [-0.2, 0) is 4.79 Å². The average molecular weight is 157 g/mol. The minimum Gasteiger partial charge on any atom is -0.481 e. The SMILES string of the molecule is O=C(O)CCCCCN1CC1. The third-order valence-corrected chi connectivity index (χ3v) is 1.90. The number of carboxylic acids is 1. The van der Waals surface area contributed by atoms with Gasteiger partial charge in [-0.15, -0.1) is 0 Å². The molecule has 3 nitrogen and oxygen atoms in total. The molecule has 0 aromatic heterocycles. The Morgan fingerprint density at radius 3 is 2.55 bits per heavy atom. The van der Waals surface area contributed by atoms with E-state index in [-0.39, 0.29) is 0 Å². The second-order valence-electron chi connectivity index (χ2n) is 3.05. The standard InChI is InChI=1S/C8H15NO2/c10-8(11)4-2-1-3-5-9-6-7-9/h1-7H2,(H,10,11). The molecule has 0 unspecified atom stereocenters. The Morgan fingerprint density at radius 1 is 1.27 bits per heavy atom. The molecule has 0 saturated carbocycles. The van der Waals surface area contributed by atoms with Crippen LogP contribution >= 0.6 is 0 Å². The van der Waals surface area contributed by atoms with Gasteiger partial charge in [0.15, 0.2) is 0 Å². The molecule has 0 aromatic rings. The molecule has 0 radical (unpaired) electrons. The molecule has 0 aliphatic carbocycles. The monoisotopic (exact) mass is 157 g/mol. The van der Waals surface area contributed by atoms with Gasteiger partial charge in [0, 0.05) is 19.5 Å². The molecular weight excluding hydrogens is 142 g/mol. The lowest BCUT2D eigenvalue weighted by Crippen LogP contribution is -1.99. The first-order valence-corrected chi connectivity index (χ1v) is 4.23. The molecule has 0 spiro atoms. The van der Waals surface area contributed by atoms with Gasteiger partial charge < -0.3 is 10.0 Å². The Hall–Kier alpha value is -0.570. The van der Waals surface area contributed by atoms with Crippen molar-refractivity contribution in [2.24, 2.45) is 0 Å². The summed E-state index contributed by atoms with van der Waals surface area (Å²) < 4.78 is 0. The highest BCUT2D eigenvalue weighted by Gasteiger charge is 2.15. The molecule has 1 aliphatic rings. The molecule has 1 N–H and O–H groups in total. The average Bonchev–Trinajstić information content (AvgIpc) is 2.70. The van der Waals surface area contributed by atoms with Crippen molar-refractivity contribution >= 4 is 5.97 Å². The minimum atomic E-state index is -0.670. The molecule has 1 rings (SSSR count). The first kappa shape index (κ1) is 8.53. The highest BCUT2D eigenvalue weighted by molar-refractivity contribution is 5.66. The number of aliphatic carboxylic acids is 1. The van der Waals surface area contributed by atoms with Gasteiger partial charge in [0.1, 0.15) is 0 Å². The normalized spacial score (nSPS) is 16.7. The largest absolute Gasteiger partial charge is 0.481 e. The zero-order valence-electron chi connectivity index (χ0n) is 6.75. The van der Waals surface area contributed by atoms with E-state index >= 15 is 0 Å². The topological polar surface area (TPSA) is 40.3 Å². The zero-order valence-corrected chi connectivity index (χ0v) is 6.75. The zero-order chi connectivity index (χ0) is 8.10. The van der Waals surface area contributed by atoms with Crippen molar-refractivity contribution in [1.82, 2.24) is 4.90 Å². The number of nitrogens with zero attached hydrogens (tertiary/aromatic N) is 1. The van der Waals surface area contributed by atoms with Crippen molar-refractivity contribution in [1.29, 1.82) is 0 Å². The van der Waals surface area contributed by atoms with E-state index in [1.807, 2.05) is 0 Å². The molecule has 0 atom stereocenters. The van der Waals surface area contributed by atoms with Crippen LogP contribution in [0.25, 0.3) is 0 Å². The molecule has 64 valence electrons. The Balaban J connectivity index is 1.76. The van der Waals surface area contributed by atoms with Crippen LogP contribution in [0.2, 0.25) is 0 Å². The fourth-order valence-electron chi connectivity index (χ4n) is 1.08. The van der Waals surface area contributed by atoms with Crippen molar-refractivity contribution in [2.75, 3.05) is 19.6 Å². The molecule has 1 heterocycles. The van der Waals surface area contributed by atoms with Gasteiger partial charge in [-0.2, -0.15) is 0 Å². The van der Waals surface area contributed by atoms with Crippen LogP contribution in [0.1, 0.15) is 25.7 Å². The Kier molecular flexibility index (Phi) is 3.36. The Morgan fingerprint density at radius 2 is 2.00 bits per heavy atom. The van der Waals surface area contributed by atoms with Crippen molar-refractivity contribution in [3.8, 4) is 0 Å². The van der Waals surface area contributed by atoms with Gasteiger partial charge in [0.25, 0.3) is 0 Å². The van der Waals surface area contributed by atoms with Crippen LogP contribution in [-0.4, -0.2) is 35.6 Å². The fraction of sp³-hybridized carbons (Fsp3) is 0.875. The van der Waals surface area contributed by atoms with Crippen molar-refractivity contribution in [3.05, 3.63) is 0 Å². The second kappa shape index (κ2) is 4.34. The van der Waals surface area contributed by atoms with Gasteiger partial charge in [-0.25, -0.2) is 0 Å². The van der Waals surface area contributed by atoms with Crippen LogP contribution in [0.15, 0.2) is 0 Å². The first-order chi connectivity index (χ1) is 5.29. The quantitative estimate of drug-likeness (QED) is 0.461. The Labute approximate surface area is 67.0 Å². The van der Waals surface area contributed by atoms with E-state index in [1.54, 1.807) is 0 Å². The molecule has 1 aliphatic heterocycles. The van der Waals surface area contributed by atoms with Gasteiger partial charge in [-0.3, -0.25) is 4.79 Å². The van der Waals surface area contributed by atoms with Crippen molar-refractivity contribution < 1.29 is 9.90 Å². The summed E-state index contributed by atoms with van der Waals surface area (Å²) in [5.41, 5.74) is 0. The molecular formula is C8H15NO2. The number of carbonyl (C=O) groups is 1. The van der Waals surface area contributed by atoms with Crippen LogP contribution < -0.4 is 0 Å². The third-order valence-electron chi connectivity index (χ3n) is 1.90. The molecule has 3 heteroatoms. The van der Waals surface area contributed by atoms with E-state index in [4.69, 9.17) is 5.11 Å². The maximum atomic E-state index is 10.1. The Bertz CT molecular complexity index is 132. The molecule has 0 bridgehead atoms. The van der Waals surface area contributed by atoms with E-state index in [0.717, 1.165) is 19.3 Å². The summed E-state index contributed by atoms with van der Waals surface area (Å²) in [6, 6.07) is 0. The summed E-state index contributed by atoms with van der Waals surface area (Å²) >= 11 is 0. The maximum absolute atomic E-state index is 10.1. The molecule has 1 fully saturated rings. The van der Waals surface area contributed by atoms with Gasteiger partial charge >= 0.3 is 5.97 Å². The van der Waals surface area contributed by atoms with Gasteiger partial charge in [-0.05, 0) is 19.4 Å². The molecule has 0 amide bonds. The lowest BCUT2D eigenvalue weighted by Gasteiger charge is -1.98. The maximum Gasteiger partial charge on any atom is 0.303 e. The highest BCUT2D eigenvalue weighted by atomic mass is 16.4. The number of rotatable bonds is 6. The van der Waals surface area contributed by atoms with Crippen molar-refractivity contribution in [2.45, 2.75) is 25.7 Å². The second-order valence-corrected chi connectivity index (χ2v) is 3.05. The lowest BCUT2D eigenvalue weighted by molar-refractivity contribution is -0.137. The molecule has 1 saturated heterocycles. The summed E-state index contributed by atoms with van der Waals surface area (Å²) in [5.74, 6) is -0.670. The van der Waals surface area contributed by atoms with E-state index in [0.29, 0.717) is 6.42 Å². The van der Waals surface area contributed by atoms with E-state index in [2.05, 4.69) is 4.90 Å². The number of hydrogen-bond acceptors (Lipinski definition) is 2. The van der Waals surface area contributed by atoms with Crippen LogP contribution in [0.4, 0.5) is 0 Å². The van der Waals surface area contributed by atoms with Crippen LogP contribution in [0.3, 0.4) is 0 Å². The predicted molar refractivity (Wildman–Crippen MR) is 42.5 cm³/mol. The summed E-state index contributed by atoms with van der Waals surface area (Å²) in [5, 5.41) is 8.32. The summed E-state index contributed by atoms with van der Waals surface area (Å²) in [4.78, 5) is 12.5. The van der Waals surface area contributed by atoms with Gasteiger partial charge in [0.05, 0.1) is 0 Å². The van der Waals surface area contributed by atoms with Crippen LogP contribution in [0, 0.1) is 0 Å². The summed E-state index contributed by atoms with van der Waals surface area (Å²) in [7, 11) is 0. The van der Waals surface area contributed by atoms with Gasteiger partial charge in [0.2, 0.25) is 0 Å². The van der Waals surface area contributed by atoms with Crippen LogP contribution in [0.5, 0.6) is 0 Å². The lowest BCUT2D eigenvalue weighted by atomic mass is 10.2. The number of unbranched alkanes of at least 4 members (excludes halogenated alkanes) is 2. The minimum absolute atomic E-state index is 0.333. The van der Waals surface area contributed by atoms with E-state index in [1.165, 1.54) is 19.6 Å². The highest BCUT2D eigenvalue weighted by Crippen LogP contribution is 2.07. The number of hydrogen-bond donors (Lipinski definition) is 1. The van der Waals surface area contributed by atoms with Gasteiger partial charge in [-0.1, -0.05) is 6.42 Å². The molecule has 11 heavy (non-hydrogen) atoms. The summed E-state index contributed by atoms with van der Waals surface area (Å²) in [6.45, 7) is 3.66. The first-order valence-electron chi connectivity index (χ1n) is 4.23. The van der Waals surface area contributed by atoms with Crippen molar-refractivity contribution in [3.63, 3.8) is 0 Å². The van der Waals surface area contributed by atoms with E-state index < -0.39 is 5.97 Å². The predicted octanol–water partition coefficient (Wildman–Crippen LogP) is 0.947. The fourth-order valence-corrected chi connectivity index (χ4v) is 1.08. The molecule has 0 aromatic carbocycles.